The molecule has 4 heteroatoms. The van der Waals surface area contributed by atoms with Gasteiger partial charge in [-0.25, -0.2) is 4.79 Å². The summed E-state index contributed by atoms with van der Waals surface area (Å²) in [5, 5.41) is 9.06. The molecule has 0 amide bonds. The maximum atomic E-state index is 11.4. The predicted molar refractivity (Wildman–Crippen MR) is 133 cm³/mol. The number of carboxylic acid groups (broad SMARTS) is 1. The molecule has 1 unspecified atom stereocenters. The highest BCUT2D eigenvalue weighted by Gasteiger charge is 2.27. The first kappa shape index (κ1) is 26.6. The first-order valence-electron chi connectivity index (χ1n) is 10.7. The van der Waals surface area contributed by atoms with Gasteiger partial charge in [0.25, 0.3) is 0 Å². The maximum Gasteiger partial charge on any atom is 0.334 e. The number of nitrogens with zero attached hydrogens (tertiary/aromatic N) is 1. The van der Waals surface area contributed by atoms with Crippen LogP contribution in [0.2, 0.25) is 0 Å². The number of likely N-dealkylation sites (N-methyl/N-ethyl adjacent to an activating group) is 1. The van der Waals surface area contributed by atoms with Crippen molar-refractivity contribution < 1.29 is 14.7 Å². The minimum absolute atomic E-state index is 0.377. The van der Waals surface area contributed by atoms with Crippen LogP contribution in [0.3, 0.4) is 0 Å². The second-order valence-electron chi connectivity index (χ2n) is 8.02. The summed E-state index contributed by atoms with van der Waals surface area (Å²) in [5.74, 6) is -1.08. The fourth-order valence-corrected chi connectivity index (χ4v) is 2.92. The molecule has 0 bridgehead atoms. The van der Waals surface area contributed by atoms with Crippen LogP contribution >= 0.6 is 0 Å². The van der Waals surface area contributed by atoms with Gasteiger partial charge in [0.1, 0.15) is 0 Å². The van der Waals surface area contributed by atoms with E-state index in [0.29, 0.717) is 5.92 Å². The summed E-state index contributed by atoms with van der Waals surface area (Å²) in [6, 6.07) is 27.0. The zero-order valence-corrected chi connectivity index (χ0v) is 19.9. The lowest BCUT2D eigenvalue weighted by Crippen LogP contribution is -2.43. The van der Waals surface area contributed by atoms with Crippen LogP contribution in [0, 0.1) is 13.8 Å². The van der Waals surface area contributed by atoms with E-state index in [1.54, 1.807) is 7.05 Å². The molecule has 0 fully saturated rings. The Balaban J connectivity index is 0.000000295. The molecular weight excluding hydrogens is 398 g/mol. The third-order valence-corrected chi connectivity index (χ3v) is 4.85. The van der Waals surface area contributed by atoms with Crippen molar-refractivity contribution in [3.8, 4) is 0 Å². The topological polar surface area (TPSA) is 57.6 Å². The SMILES string of the molecule is CC(=O)C(C(=O)O)N(C)c1ccc(C(C)C)cc1.Cc1ccccc1.Cc1ccccc1. The van der Waals surface area contributed by atoms with Crippen LogP contribution in [-0.4, -0.2) is 29.9 Å². The standard InChI is InChI=1S/C14H19NO3.2C7H8/c1-9(2)11-5-7-12(8-6-11)15(4)13(10(3)16)14(17)18;2*1-7-5-3-2-4-6-7/h5-9,13H,1-4H3,(H,17,18);2*2-6H,1H3. The number of Topliss-reactive ketones (excluding diaryl/α,β-unsaturated/α-hetero) is 1. The zero-order valence-electron chi connectivity index (χ0n) is 19.9. The number of hydrogen-bond donors (Lipinski definition) is 1. The van der Waals surface area contributed by atoms with Gasteiger partial charge in [0.15, 0.2) is 11.8 Å². The molecule has 0 heterocycles. The molecule has 0 aromatic heterocycles. The summed E-state index contributed by atoms with van der Waals surface area (Å²) in [5.41, 5.74) is 4.55. The fourth-order valence-electron chi connectivity index (χ4n) is 2.92. The molecule has 0 saturated carbocycles. The Morgan fingerprint density at radius 3 is 1.41 bits per heavy atom. The Labute approximate surface area is 192 Å². The number of anilines is 1. The normalized spacial score (nSPS) is 10.7. The molecular formula is C28H35NO3. The van der Waals surface area contributed by atoms with E-state index in [0.717, 1.165) is 5.69 Å². The van der Waals surface area contributed by atoms with Crippen molar-refractivity contribution in [3.63, 3.8) is 0 Å². The Bertz CT molecular complexity index is 884. The molecule has 0 aliphatic heterocycles. The minimum Gasteiger partial charge on any atom is -0.479 e. The van der Waals surface area contributed by atoms with Crippen molar-refractivity contribution in [2.75, 3.05) is 11.9 Å². The van der Waals surface area contributed by atoms with Crippen molar-refractivity contribution >= 4 is 17.4 Å². The van der Waals surface area contributed by atoms with Gasteiger partial charge in [-0.2, -0.15) is 0 Å². The largest absolute Gasteiger partial charge is 0.479 e. The molecule has 1 atom stereocenters. The lowest BCUT2D eigenvalue weighted by atomic mass is 10.0. The van der Waals surface area contributed by atoms with E-state index < -0.39 is 12.0 Å². The third-order valence-electron chi connectivity index (χ3n) is 4.85. The molecule has 1 N–H and O–H groups in total. The number of ketones is 1. The number of aryl methyl sites for hydroxylation is 2. The van der Waals surface area contributed by atoms with Gasteiger partial charge in [0.05, 0.1) is 0 Å². The number of aliphatic carboxylic acids is 1. The number of benzene rings is 3. The molecule has 0 aliphatic rings. The van der Waals surface area contributed by atoms with Crippen molar-refractivity contribution in [3.05, 3.63) is 102 Å². The average molecular weight is 434 g/mol. The summed E-state index contributed by atoms with van der Waals surface area (Å²) in [4.78, 5) is 23.9. The van der Waals surface area contributed by atoms with Crippen LogP contribution in [0.25, 0.3) is 0 Å². The van der Waals surface area contributed by atoms with Gasteiger partial charge in [0, 0.05) is 12.7 Å². The van der Waals surface area contributed by atoms with E-state index in [1.165, 1.54) is 28.5 Å². The van der Waals surface area contributed by atoms with Crippen molar-refractivity contribution in [1.82, 2.24) is 0 Å². The smallest absolute Gasteiger partial charge is 0.334 e. The molecule has 170 valence electrons. The summed E-state index contributed by atoms with van der Waals surface area (Å²) >= 11 is 0. The number of hydrogen-bond acceptors (Lipinski definition) is 3. The van der Waals surface area contributed by atoms with Crippen LogP contribution in [0.1, 0.15) is 43.4 Å². The first-order valence-corrected chi connectivity index (χ1v) is 10.7. The highest BCUT2D eigenvalue weighted by Crippen LogP contribution is 2.21. The van der Waals surface area contributed by atoms with Crippen LogP contribution in [0.15, 0.2) is 84.9 Å². The van der Waals surface area contributed by atoms with Gasteiger partial charge in [0.2, 0.25) is 0 Å². The van der Waals surface area contributed by atoms with E-state index in [1.807, 2.05) is 60.7 Å². The van der Waals surface area contributed by atoms with Crippen LogP contribution in [0.5, 0.6) is 0 Å². The average Bonchev–Trinajstić information content (AvgIpc) is 2.75. The molecule has 3 aromatic carbocycles. The van der Waals surface area contributed by atoms with Gasteiger partial charge in [-0.15, -0.1) is 0 Å². The summed E-state index contributed by atoms with van der Waals surface area (Å²) < 4.78 is 0. The number of carbonyl (C=O) groups is 2. The first-order chi connectivity index (χ1) is 15.1. The van der Waals surface area contributed by atoms with Crippen LogP contribution in [-0.2, 0) is 9.59 Å². The van der Waals surface area contributed by atoms with Crippen LogP contribution in [0.4, 0.5) is 5.69 Å². The van der Waals surface area contributed by atoms with E-state index in [2.05, 4.69) is 52.0 Å². The van der Waals surface area contributed by atoms with E-state index in [-0.39, 0.29) is 5.78 Å². The molecule has 0 saturated heterocycles. The quantitative estimate of drug-likeness (QED) is 0.481. The summed E-state index contributed by atoms with van der Waals surface area (Å²) in [6.45, 7) is 9.64. The monoisotopic (exact) mass is 433 g/mol. The Morgan fingerprint density at radius 2 is 1.16 bits per heavy atom. The molecule has 3 aromatic rings. The van der Waals surface area contributed by atoms with E-state index in [9.17, 15) is 9.59 Å². The maximum absolute atomic E-state index is 11.4. The number of carbonyl (C=O) groups excluding carboxylic acids is 1. The lowest BCUT2D eigenvalue weighted by Gasteiger charge is -2.25. The summed E-state index contributed by atoms with van der Waals surface area (Å²) in [6.07, 6.45) is 0. The van der Waals surface area contributed by atoms with Crippen molar-refractivity contribution in [2.45, 2.75) is 46.6 Å². The molecule has 32 heavy (non-hydrogen) atoms. The Morgan fingerprint density at radius 1 is 0.750 bits per heavy atom. The highest BCUT2D eigenvalue weighted by atomic mass is 16.4. The molecule has 0 aliphatic carbocycles. The Hall–Kier alpha value is -3.40. The molecule has 3 rings (SSSR count). The number of rotatable bonds is 5. The van der Waals surface area contributed by atoms with E-state index in [4.69, 9.17) is 5.11 Å². The third kappa shape index (κ3) is 9.61. The van der Waals surface area contributed by atoms with Gasteiger partial charge in [-0.1, -0.05) is 97.8 Å². The van der Waals surface area contributed by atoms with Crippen molar-refractivity contribution in [1.29, 1.82) is 0 Å². The molecule has 4 nitrogen and oxygen atoms in total. The second kappa shape index (κ2) is 13.8. The highest BCUT2D eigenvalue weighted by molar-refractivity contribution is 6.04. The zero-order chi connectivity index (χ0) is 24.1. The molecule has 0 spiro atoms. The molecule has 0 radical (unpaired) electrons. The van der Waals surface area contributed by atoms with Gasteiger partial charge in [-0.3, -0.25) is 4.79 Å². The summed E-state index contributed by atoms with van der Waals surface area (Å²) in [7, 11) is 1.62. The van der Waals surface area contributed by atoms with E-state index >= 15 is 0 Å². The van der Waals surface area contributed by atoms with Crippen molar-refractivity contribution in [2.24, 2.45) is 0 Å². The van der Waals surface area contributed by atoms with Gasteiger partial charge >= 0.3 is 5.97 Å². The minimum atomic E-state index is -1.13. The van der Waals surface area contributed by atoms with Crippen LogP contribution < -0.4 is 4.90 Å². The Kier molecular flexibility index (Phi) is 11.5. The van der Waals surface area contributed by atoms with Gasteiger partial charge < -0.3 is 10.0 Å². The predicted octanol–water partition coefficient (Wildman–Crippen LogP) is 6.28. The fraction of sp³-hybridized carbons (Fsp3) is 0.286. The second-order valence-corrected chi connectivity index (χ2v) is 8.02. The van der Waals surface area contributed by atoms with Gasteiger partial charge in [-0.05, 0) is 44.4 Å². The lowest BCUT2D eigenvalue weighted by molar-refractivity contribution is -0.141. The number of carboxylic acids is 1.